The number of allylic oxidation sites excluding steroid dienone is 3. The topological polar surface area (TPSA) is 0 Å². The predicted molar refractivity (Wildman–Crippen MR) is 111 cm³/mol. The van der Waals surface area contributed by atoms with Gasteiger partial charge in [-0.3, -0.25) is 0 Å². The molecule has 3 aromatic carbocycles. The molecule has 0 heterocycles. The Morgan fingerprint density at radius 3 is 1.33 bits per heavy atom. The molecule has 0 aromatic heterocycles. The molecule has 0 aliphatic carbocycles. The van der Waals surface area contributed by atoms with Gasteiger partial charge < -0.3 is 0 Å². The third-order valence-electron chi connectivity index (χ3n) is 4.50. The summed E-state index contributed by atoms with van der Waals surface area (Å²) in [5.74, 6) is 0. The molecule has 0 unspecified atom stereocenters. The van der Waals surface area contributed by atoms with Gasteiger partial charge in [0.25, 0.3) is 0 Å². The molecule has 0 spiro atoms. The van der Waals surface area contributed by atoms with Gasteiger partial charge >= 0.3 is 145 Å². The minimum atomic E-state index is -2.10. The monoisotopic (exact) mass is 330 g/mol. The van der Waals surface area contributed by atoms with E-state index in [0.717, 1.165) is 6.16 Å². The Balaban J connectivity index is 2.28. The number of hydrogen-bond acceptors (Lipinski definition) is 0. The van der Waals surface area contributed by atoms with E-state index in [1.165, 1.54) is 15.9 Å². The van der Waals surface area contributed by atoms with Crippen LogP contribution in [-0.2, 0) is 0 Å². The minimum absolute atomic E-state index is 1.02. The van der Waals surface area contributed by atoms with E-state index < -0.39 is 7.26 Å². The van der Waals surface area contributed by atoms with Crippen molar-refractivity contribution in [2.75, 3.05) is 6.16 Å². The second-order valence-corrected chi connectivity index (χ2v) is 9.82. The Morgan fingerprint density at radius 2 is 1.00 bits per heavy atom. The van der Waals surface area contributed by atoms with Crippen LogP contribution in [0.2, 0.25) is 0 Å². The molecule has 0 fully saturated rings. The molecule has 0 aliphatic heterocycles. The van der Waals surface area contributed by atoms with Crippen LogP contribution in [0, 0.1) is 0 Å². The molecule has 0 atom stereocenters. The predicted octanol–water partition coefficient (Wildman–Crippen LogP) is 4.46. The fourth-order valence-electron chi connectivity index (χ4n) is 3.36. The first-order valence-electron chi connectivity index (χ1n) is 8.32. The van der Waals surface area contributed by atoms with Crippen molar-refractivity contribution in [2.45, 2.75) is 0 Å². The molecular weight excluding hydrogens is 307 g/mol. The fraction of sp³-hybridized carbons (Fsp3) is 0.0435. The van der Waals surface area contributed by atoms with Crippen molar-refractivity contribution in [1.82, 2.24) is 0 Å². The fourth-order valence-corrected chi connectivity index (χ4v) is 7.84. The Hall–Kier alpha value is -2.43. The normalized spacial score (nSPS) is 12.2. The molecule has 0 N–H and O–H groups in total. The van der Waals surface area contributed by atoms with Gasteiger partial charge in [0.05, 0.1) is 0 Å². The molecule has 0 amide bonds. The van der Waals surface area contributed by atoms with E-state index in [0.29, 0.717) is 0 Å². The maximum atomic E-state index is 3.83. The molecule has 0 nitrogen and oxygen atoms in total. The molecule has 24 heavy (non-hydrogen) atoms. The van der Waals surface area contributed by atoms with Gasteiger partial charge in [-0.1, -0.05) is 0 Å². The number of hydrogen-bond donors (Lipinski definition) is 0. The summed E-state index contributed by atoms with van der Waals surface area (Å²) in [6.07, 6.45) is 7.22. The molecule has 3 aromatic rings. The van der Waals surface area contributed by atoms with Gasteiger partial charge in [0, 0.05) is 0 Å². The summed E-state index contributed by atoms with van der Waals surface area (Å²) in [6, 6.07) is 32.9. The first kappa shape index (κ1) is 16.4. The summed E-state index contributed by atoms with van der Waals surface area (Å²) in [5.41, 5.74) is 0. The third kappa shape index (κ3) is 3.25. The molecule has 1 heteroatoms. The summed E-state index contributed by atoms with van der Waals surface area (Å²) in [4.78, 5) is 0. The van der Waals surface area contributed by atoms with Crippen LogP contribution in [0.4, 0.5) is 0 Å². The van der Waals surface area contributed by atoms with Gasteiger partial charge in [0.2, 0.25) is 0 Å². The zero-order valence-electron chi connectivity index (χ0n) is 13.8. The molecule has 0 bridgehead atoms. The van der Waals surface area contributed by atoms with Gasteiger partial charge in [-0.15, -0.1) is 0 Å². The molecule has 0 radical (unpaired) electrons. The van der Waals surface area contributed by atoms with Crippen LogP contribution in [0.1, 0.15) is 0 Å². The third-order valence-corrected chi connectivity index (χ3v) is 9.30. The van der Waals surface area contributed by atoms with Crippen molar-refractivity contribution < 1.29 is 0 Å². The molecule has 0 aliphatic rings. The van der Waals surface area contributed by atoms with Crippen molar-refractivity contribution >= 4 is 23.2 Å². The first-order chi connectivity index (χ1) is 11.9. The molecule has 0 saturated heterocycles. The van der Waals surface area contributed by atoms with Crippen LogP contribution in [0.5, 0.6) is 0 Å². The maximum absolute atomic E-state index is 3.83. The SMILES string of the molecule is C=CC=CC[PH](c1ccccc1)(c1ccccc1)c1ccccc1. The average molecular weight is 330 g/mol. The van der Waals surface area contributed by atoms with Gasteiger partial charge in [-0.05, 0) is 0 Å². The zero-order valence-corrected chi connectivity index (χ0v) is 14.8. The van der Waals surface area contributed by atoms with Gasteiger partial charge in [-0.25, -0.2) is 0 Å². The van der Waals surface area contributed by atoms with E-state index >= 15 is 0 Å². The van der Waals surface area contributed by atoms with Crippen LogP contribution in [0.3, 0.4) is 0 Å². The van der Waals surface area contributed by atoms with Crippen LogP contribution < -0.4 is 15.9 Å². The van der Waals surface area contributed by atoms with Crippen LogP contribution in [0.15, 0.2) is 116 Å². The summed E-state index contributed by atoms with van der Waals surface area (Å²) >= 11 is 0. The number of benzene rings is 3. The van der Waals surface area contributed by atoms with Crippen molar-refractivity contribution in [1.29, 1.82) is 0 Å². The van der Waals surface area contributed by atoms with Crippen LogP contribution in [-0.4, -0.2) is 6.16 Å². The van der Waals surface area contributed by atoms with Gasteiger partial charge in [0.1, 0.15) is 0 Å². The zero-order chi connectivity index (χ0) is 16.7. The summed E-state index contributed by atoms with van der Waals surface area (Å²) in [5, 5.41) is 4.32. The van der Waals surface area contributed by atoms with Crippen LogP contribution in [0.25, 0.3) is 0 Å². The molecule has 120 valence electrons. The Bertz CT molecular complexity index is 693. The average Bonchev–Trinajstić information content (AvgIpc) is 2.68. The van der Waals surface area contributed by atoms with Crippen molar-refractivity contribution in [2.24, 2.45) is 0 Å². The Labute approximate surface area is 145 Å². The van der Waals surface area contributed by atoms with Gasteiger partial charge in [0.15, 0.2) is 0 Å². The van der Waals surface area contributed by atoms with E-state index in [4.69, 9.17) is 0 Å². The summed E-state index contributed by atoms with van der Waals surface area (Å²) < 4.78 is 0. The standard InChI is InChI=1S/C23H23P/c1-2-3-13-20-24(21-14-7-4-8-15-21,22-16-9-5-10-17-22)23-18-11-6-12-19-23/h2-19,24H,1,20H2. The molecule has 0 saturated carbocycles. The van der Waals surface area contributed by atoms with Crippen molar-refractivity contribution in [3.63, 3.8) is 0 Å². The quantitative estimate of drug-likeness (QED) is 0.462. The van der Waals surface area contributed by atoms with E-state index in [1.807, 2.05) is 6.08 Å². The summed E-state index contributed by atoms with van der Waals surface area (Å²) in [7, 11) is -2.10. The molecule has 3 rings (SSSR count). The first-order valence-corrected chi connectivity index (χ1v) is 10.5. The van der Waals surface area contributed by atoms with Crippen LogP contribution >= 0.6 is 7.26 Å². The van der Waals surface area contributed by atoms with Crippen molar-refractivity contribution in [3.8, 4) is 0 Å². The summed E-state index contributed by atoms with van der Waals surface area (Å²) in [6.45, 7) is 3.83. The van der Waals surface area contributed by atoms with E-state index in [-0.39, 0.29) is 0 Å². The second kappa shape index (κ2) is 7.90. The van der Waals surface area contributed by atoms with Gasteiger partial charge in [-0.2, -0.15) is 0 Å². The second-order valence-electron chi connectivity index (χ2n) is 5.87. The Kier molecular flexibility index (Phi) is 5.41. The van der Waals surface area contributed by atoms with E-state index in [9.17, 15) is 0 Å². The number of rotatable bonds is 6. The molecular formula is C23H23P. The Morgan fingerprint density at radius 1 is 0.625 bits per heavy atom. The van der Waals surface area contributed by atoms with Crippen molar-refractivity contribution in [3.05, 3.63) is 116 Å². The van der Waals surface area contributed by atoms with E-state index in [1.54, 1.807) is 0 Å². The van der Waals surface area contributed by atoms with E-state index in [2.05, 4.69) is 110 Å².